The normalized spacial score (nSPS) is 13.1. The molecule has 0 saturated carbocycles. The maximum atomic E-state index is 14.2. The SMILES string of the molecule is CC(C)(CCCc1cc2cccc(F)c2nc1-c1ccccn1)[S+](N)[O-]. The van der Waals surface area contributed by atoms with E-state index in [1.54, 1.807) is 12.3 Å². The maximum absolute atomic E-state index is 14.2. The number of halogens is 1. The fraction of sp³-hybridized carbons (Fsp3) is 0.300. The lowest BCUT2D eigenvalue weighted by Crippen LogP contribution is -2.37. The largest absolute Gasteiger partial charge is 0.598 e. The van der Waals surface area contributed by atoms with Crippen LogP contribution in [0.2, 0.25) is 0 Å². The molecular formula is C20H22FN3OS. The van der Waals surface area contributed by atoms with Gasteiger partial charge >= 0.3 is 0 Å². The van der Waals surface area contributed by atoms with Gasteiger partial charge < -0.3 is 4.55 Å². The van der Waals surface area contributed by atoms with Gasteiger partial charge in [0.05, 0.1) is 11.4 Å². The molecule has 2 aromatic heterocycles. The summed E-state index contributed by atoms with van der Waals surface area (Å²) in [5, 5.41) is 6.33. The van der Waals surface area contributed by atoms with Crippen molar-refractivity contribution in [3.8, 4) is 11.4 Å². The van der Waals surface area contributed by atoms with E-state index in [-0.39, 0.29) is 5.82 Å². The van der Waals surface area contributed by atoms with E-state index in [2.05, 4.69) is 9.97 Å². The first-order valence-corrected chi connectivity index (χ1v) is 9.75. The predicted octanol–water partition coefficient (Wildman–Crippen LogP) is 4.16. The molecule has 0 bridgehead atoms. The van der Waals surface area contributed by atoms with Gasteiger partial charge in [0.1, 0.15) is 16.1 Å². The average molecular weight is 371 g/mol. The Morgan fingerprint density at radius 3 is 2.69 bits per heavy atom. The van der Waals surface area contributed by atoms with Gasteiger partial charge in [-0.25, -0.2) is 9.37 Å². The van der Waals surface area contributed by atoms with E-state index < -0.39 is 16.1 Å². The summed E-state index contributed by atoms with van der Waals surface area (Å²) in [4.78, 5) is 8.95. The number of nitrogens with zero attached hydrogens (tertiary/aromatic N) is 2. The minimum absolute atomic E-state index is 0.342. The Labute approximate surface area is 156 Å². The molecule has 6 heteroatoms. The first-order valence-electron chi connectivity index (χ1n) is 8.54. The van der Waals surface area contributed by atoms with Crippen LogP contribution in [-0.4, -0.2) is 19.3 Å². The fourth-order valence-corrected chi connectivity index (χ4v) is 3.27. The summed E-state index contributed by atoms with van der Waals surface area (Å²) in [7, 11) is 0. The summed E-state index contributed by atoms with van der Waals surface area (Å²) in [6.45, 7) is 3.80. The minimum Gasteiger partial charge on any atom is -0.598 e. The number of hydrogen-bond donors (Lipinski definition) is 1. The molecule has 0 spiro atoms. The van der Waals surface area contributed by atoms with E-state index in [4.69, 9.17) is 5.14 Å². The number of hydrogen-bond acceptors (Lipinski definition) is 4. The molecule has 1 aromatic carbocycles. The van der Waals surface area contributed by atoms with Crippen LogP contribution in [0.3, 0.4) is 0 Å². The van der Waals surface area contributed by atoms with Gasteiger partial charge in [-0.2, -0.15) is 5.14 Å². The minimum atomic E-state index is -1.38. The van der Waals surface area contributed by atoms with Crippen molar-refractivity contribution in [1.29, 1.82) is 0 Å². The van der Waals surface area contributed by atoms with Crippen LogP contribution in [-0.2, 0) is 17.8 Å². The highest BCUT2D eigenvalue weighted by Crippen LogP contribution is 2.28. The van der Waals surface area contributed by atoms with Gasteiger partial charge in [0.2, 0.25) is 0 Å². The molecule has 0 saturated heterocycles. The van der Waals surface area contributed by atoms with Crippen molar-refractivity contribution in [3.63, 3.8) is 0 Å². The molecule has 26 heavy (non-hydrogen) atoms. The van der Waals surface area contributed by atoms with E-state index >= 15 is 0 Å². The maximum Gasteiger partial charge on any atom is 0.149 e. The van der Waals surface area contributed by atoms with Crippen LogP contribution < -0.4 is 5.14 Å². The molecule has 4 nitrogen and oxygen atoms in total. The average Bonchev–Trinajstić information content (AvgIpc) is 2.62. The third-order valence-corrected chi connectivity index (χ3v) is 5.85. The number of para-hydroxylation sites is 1. The first-order chi connectivity index (χ1) is 12.4. The number of aryl methyl sites for hydroxylation is 1. The highest BCUT2D eigenvalue weighted by atomic mass is 32.2. The fourth-order valence-electron chi connectivity index (χ4n) is 2.93. The molecule has 1 unspecified atom stereocenters. The molecule has 3 aromatic rings. The number of pyridine rings is 2. The number of aromatic nitrogens is 2. The zero-order valence-corrected chi connectivity index (χ0v) is 15.7. The standard InChI is InChI=1S/C20H22FN3OS/c1-20(2,26(22)25)11-6-8-15-13-14-7-5-9-16(21)18(14)24-19(15)17-10-3-4-12-23-17/h3-5,7,9-10,12-13H,6,8,11,22H2,1-2H3. The topological polar surface area (TPSA) is 74.9 Å². The van der Waals surface area contributed by atoms with Crippen LogP contribution in [0, 0.1) is 5.82 Å². The van der Waals surface area contributed by atoms with Crippen molar-refractivity contribution in [2.75, 3.05) is 0 Å². The van der Waals surface area contributed by atoms with Crippen molar-refractivity contribution in [2.45, 2.75) is 37.9 Å². The Morgan fingerprint density at radius 1 is 1.19 bits per heavy atom. The van der Waals surface area contributed by atoms with Gasteiger partial charge in [0.25, 0.3) is 0 Å². The van der Waals surface area contributed by atoms with E-state index in [0.29, 0.717) is 16.9 Å². The van der Waals surface area contributed by atoms with E-state index in [0.717, 1.165) is 30.2 Å². The van der Waals surface area contributed by atoms with E-state index in [1.165, 1.54) is 6.07 Å². The highest BCUT2D eigenvalue weighted by Gasteiger charge is 2.29. The van der Waals surface area contributed by atoms with Gasteiger partial charge in [-0.05, 0) is 62.9 Å². The molecule has 0 aliphatic heterocycles. The number of rotatable bonds is 6. The molecule has 0 aliphatic rings. The Morgan fingerprint density at radius 2 is 2.00 bits per heavy atom. The summed E-state index contributed by atoms with van der Waals surface area (Å²) in [6.07, 6.45) is 3.95. The van der Waals surface area contributed by atoms with Gasteiger partial charge in [-0.15, -0.1) is 0 Å². The van der Waals surface area contributed by atoms with Crippen LogP contribution in [0.15, 0.2) is 48.7 Å². The third kappa shape index (κ3) is 4.03. The molecular weight excluding hydrogens is 349 g/mol. The zero-order chi connectivity index (χ0) is 18.7. The lowest BCUT2D eigenvalue weighted by molar-refractivity contribution is 0.516. The second kappa shape index (κ2) is 7.70. The summed E-state index contributed by atoms with van der Waals surface area (Å²) >= 11 is -1.38. The van der Waals surface area contributed by atoms with Crippen molar-refractivity contribution >= 4 is 22.3 Å². The molecule has 3 rings (SSSR count). The van der Waals surface area contributed by atoms with Crippen LogP contribution in [0.5, 0.6) is 0 Å². The molecule has 0 aliphatic carbocycles. The summed E-state index contributed by atoms with van der Waals surface area (Å²) < 4.78 is 25.4. The predicted molar refractivity (Wildman–Crippen MR) is 104 cm³/mol. The van der Waals surface area contributed by atoms with Gasteiger partial charge in [0, 0.05) is 22.9 Å². The first kappa shape index (κ1) is 18.8. The van der Waals surface area contributed by atoms with Crippen molar-refractivity contribution in [1.82, 2.24) is 9.97 Å². The summed E-state index contributed by atoms with van der Waals surface area (Å²) in [5.41, 5.74) is 2.75. The number of nitrogens with two attached hydrogens (primary N) is 1. The number of benzene rings is 1. The lowest BCUT2D eigenvalue weighted by Gasteiger charge is -2.24. The second-order valence-electron chi connectivity index (χ2n) is 6.93. The van der Waals surface area contributed by atoms with Gasteiger partial charge in [-0.1, -0.05) is 18.2 Å². The van der Waals surface area contributed by atoms with Gasteiger partial charge in [0.15, 0.2) is 0 Å². The highest BCUT2D eigenvalue weighted by molar-refractivity contribution is 7.90. The molecule has 2 heterocycles. The molecule has 2 N–H and O–H groups in total. The molecule has 0 radical (unpaired) electrons. The molecule has 1 atom stereocenters. The Kier molecular flexibility index (Phi) is 5.55. The second-order valence-corrected chi connectivity index (χ2v) is 8.63. The van der Waals surface area contributed by atoms with Crippen molar-refractivity contribution in [2.24, 2.45) is 5.14 Å². The third-order valence-electron chi connectivity index (χ3n) is 4.55. The lowest BCUT2D eigenvalue weighted by atomic mass is 9.98. The van der Waals surface area contributed by atoms with Crippen molar-refractivity contribution < 1.29 is 8.94 Å². The Hall–Kier alpha value is -2.02. The zero-order valence-electron chi connectivity index (χ0n) is 14.9. The molecule has 0 amide bonds. The van der Waals surface area contributed by atoms with Crippen molar-refractivity contribution in [3.05, 3.63) is 60.0 Å². The number of fused-ring (bicyclic) bond motifs is 1. The Bertz CT molecular complexity index is 900. The van der Waals surface area contributed by atoms with Gasteiger partial charge in [-0.3, -0.25) is 4.98 Å². The quantitative estimate of drug-likeness (QED) is 0.660. The van der Waals surface area contributed by atoms with Crippen LogP contribution in [0.4, 0.5) is 4.39 Å². The van der Waals surface area contributed by atoms with Crippen LogP contribution in [0.25, 0.3) is 22.3 Å². The van der Waals surface area contributed by atoms with Crippen LogP contribution in [0.1, 0.15) is 32.3 Å². The smallest absolute Gasteiger partial charge is 0.149 e. The summed E-state index contributed by atoms with van der Waals surface area (Å²) in [5.74, 6) is -0.342. The van der Waals surface area contributed by atoms with Crippen LogP contribution >= 0.6 is 0 Å². The molecule has 0 fully saturated rings. The van der Waals surface area contributed by atoms with E-state index in [9.17, 15) is 8.94 Å². The Balaban J connectivity index is 1.97. The summed E-state index contributed by atoms with van der Waals surface area (Å²) in [6, 6.07) is 12.5. The molecule has 136 valence electrons. The van der Waals surface area contributed by atoms with E-state index in [1.807, 2.05) is 44.2 Å². The monoisotopic (exact) mass is 371 g/mol.